The summed E-state index contributed by atoms with van der Waals surface area (Å²) in [7, 11) is 0. The summed E-state index contributed by atoms with van der Waals surface area (Å²) in [5, 5.41) is 20.3. The standard InChI is InChI=1S/C30H30ClN5O5/c31-22-12-18(23-9-11-28(38)35-34-23)8-10-26(22)41-17-29(39)36-14-19(15-36)32-13-20(37)16-40-27-7-3-6-25-30(27)21-4-1-2-5-24(21)33-25/h1-8,10,12,19-20,32-33,37H,9,11,13-17H2,(H,35,38). The van der Waals surface area contributed by atoms with Crippen molar-refractivity contribution in [2.24, 2.45) is 5.10 Å². The van der Waals surface area contributed by atoms with Gasteiger partial charge in [0.15, 0.2) is 6.61 Å². The predicted molar refractivity (Wildman–Crippen MR) is 157 cm³/mol. The van der Waals surface area contributed by atoms with Crippen molar-refractivity contribution < 1.29 is 24.2 Å². The number of hydrogen-bond donors (Lipinski definition) is 4. The number of rotatable bonds is 10. The lowest BCUT2D eigenvalue weighted by Crippen LogP contribution is -2.61. The highest BCUT2D eigenvalue weighted by atomic mass is 35.5. The summed E-state index contributed by atoms with van der Waals surface area (Å²) in [4.78, 5) is 29.0. The fourth-order valence-corrected chi connectivity index (χ4v) is 5.29. The summed E-state index contributed by atoms with van der Waals surface area (Å²) in [5.41, 5.74) is 6.05. The van der Waals surface area contributed by atoms with Crippen molar-refractivity contribution in [2.75, 3.05) is 32.8 Å². The largest absolute Gasteiger partial charge is 0.490 e. The van der Waals surface area contributed by atoms with Crippen LogP contribution in [0.1, 0.15) is 18.4 Å². The number of benzene rings is 3. The molecule has 2 amide bonds. The number of likely N-dealkylation sites (tertiary alicyclic amines) is 1. The lowest BCUT2D eigenvalue weighted by atomic mass is 10.0. The molecule has 212 valence electrons. The van der Waals surface area contributed by atoms with Crippen LogP contribution in [0.5, 0.6) is 11.5 Å². The summed E-state index contributed by atoms with van der Waals surface area (Å²) < 4.78 is 11.7. The Labute approximate surface area is 241 Å². The molecule has 3 aromatic carbocycles. The number of nitrogens with one attached hydrogen (secondary N) is 3. The summed E-state index contributed by atoms with van der Waals surface area (Å²) in [6.45, 7) is 1.43. The molecule has 10 nitrogen and oxygen atoms in total. The number of aromatic amines is 1. The van der Waals surface area contributed by atoms with Gasteiger partial charge in [-0.2, -0.15) is 5.10 Å². The predicted octanol–water partition coefficient (Wildman–Crippen LogP) is 3.21. The van der Waals surface area contributed by atoms with Crippen LogP contribution in [0.25, 0.3) is 21.8 Å². The molecule has 2 aliphatic rings. The third-order valence-electron chi connectivity index (χ3n) is 7.32. The second-order valence-corrected chi connectivity index (χ2v) is 10.7. The van der Waals surface area contributed by atoms with Gasteiger partial charge in [-0.1, -0.05) is 35.9 Å². The molecule has 11 heteroatoms. The summed E-state index contributed by atoms with van der Waals surface area (Å²) in [6, 6.07) is 19.2. The third kappa shape index (κ3) is 6.00. The lowest BCUT2D eigenvalue weighted by molar-refractivity contribution is -0.138. The van der Waals surface area contributed by atoms with Crippen LogP contribution in [-0.4, -0.2) is 77.5 Å². The van der Waals surface area contributed by atoms with Crippen LogP contribution in [0.15, 0.2) is 65.8 Å². The van der Waals surface area contributed by atoms with Crippen LogP contribution in [0.3, 0.4) is 0 Å². The van der Waals surface area contributed by atoms with E-state index in [0.29, 0.717) is 43.2 Å². The molecule has 0 radical (unpaired) electrons. The van der Waals surface area contributed by atoms with E-state index >= 15 is 0 Å². The molecule has 0 spiro atoms. The number of halogens is 1. The van der Waals surface area contributed by atoms with Crippen LogP contribution in [0.4, 0.5) is 0 Å². The zero-order valence-corrected chi connectivity index (χ0v) is 23.0. The fraction of sp³-hybridized carbons (Fsp3) is 0.300. The van der Waals surface area contributed by atoms with E-state index in [0.717, 1.165) is 38.8 Å². The molecule has 1 fully saturated rings. The molecule has 1 atom stereocenters. The third-order valence-corrected chi connectivity index (χ3v) is 7.62. The molecule has 41 heavy (non-hydrogen) atoms. The van der Waals surface area contributed by atoms with Gasteiger partial charge in [0, 0.05) is 54.8 Å². The van der Waals surface area contributed by atoms with E-state index in [1.165, 1.54) is 0 Å². The molecule has 1 unspecified atom stereocenters. The molecule has 0 saturated carbocycles. The van der Waals surface area contributed by atoms with Gasteiger partial charge in [0.2, 0.25) is 5.91 Å². The molecule has 4 aromatic rings. The van der Waals surface area contributed by atoms with E-state index in [4.69, 9.17) is 21.1 Å². The summed E-state index contributed by atoms with van der Waals surface area (Å²) >= 11 is 6.36. The first-order chi connectivity index (χ1) is 19.9. The highest BCUT2D eigenvalue weighted by Gasteiger charge is 2.31. The van der Waals surface area contributed by atoms with Crippen LogP contribution >= 0.6 is 11.6 Å². The molecule has 1 saturated heterocycles. The van der Waals surface area contributed by atoms with Crippen molar-refractivity contribution in [1.29, 1.82) is 0 Å². The average molecular weight is 576 g/mol. The van der Waals surface area contributed by atoms with Crippen molar-refractivity contribution in [3.8, 4) is 11.5 Å². The van der Waals surface area contributed by atoms with Gasteiger partial charge in [-0.05, 0) is 42.0 Å². The molecular weight excluding hydrogens is 546 g/mol. The van der Waals surface area contributed by atoms with E-state index in [1.54, 1.807) is 17.0 Å². The van der Waals surface area contributed by atoms with Gasteiger partial charge < -0.3 is 29.8 Å². The number of carbonyl (C=O) groups excluding carboxylic acids is 2. The maximum Gasteiger partial charge on any atom is 0.260 e. The topological polar surface area (TPSA) is 128 Å². The zero-order valence-electron chi connectivity index (χ0n) is 22.2. The van der Waals surface area contributed by atoms with E-state index in [9.17, 15) is 14.7 Å². The Bertz CT molecular complexity index is 1630. The molecule has 0 bridgehead atoms. The second-order valence-electron chi connectivity index (χ2n) is 10.2. The van der Waals surface area contributed by atoms with Gasteiger partial charge in [0.05, 0.1) is 16.3 Å². The van der Waals surface area contributed by atoms with E-state index in [1.807, 2.05) is 42.5 Å². The highest BCUT2D eigenvalue weighted by molar-refractivity contribution is 6.32. The first-order valence-electron chi connectivity index (χ1n) is 13.5. The maximum atomic E-state index is 12.6. The number of aliphatic hydroxyl groups excluding tert-OH is 1. The molecule has 3 heterocycles. The van der Waals surface area contributed by atoms with Crippen molar-refractivity contribution in [1.82, 2.24) is 20.6 Å². The van der Waals surface area contributed by atoms with Gasteiger partial charge in [0.1, 0.15) is 24.2 Å². The normalized spacial score (nSPS) is 16.3. The Morgan fingerprint density at radius 2 is 1.90 bits per heavy atom. The minimum atomic E-state index is -0.704. The van der Waals surface area contributed by atoms with Crippen molar-refractivity contribution in [3.63, 3.8) is 0 Å². The van der Waals surface area contributed by atoms with E-state index in [2.05, 4.69) is 26.9 Å². The second kappa shape index (κ2) is 11.8. The van der Waals surface area contributed by atoms with Crippen LogP contribution < -0.4 is 20.2 Å². The number of ether oxygens (including phenoxy) is 2. The van der Waals surface area contributed by atoms with Crippen LogP contribution in [0, 0.1) is 0 Å². The number of hydrogen-bond acceptors (Lipinski definition) is 7. The molecule has 0 aliphatic carbocycles. The quantitative estimate of drug-likeness (QED) is 0.230. The van der Waals surface area contributed by atoms with Crippen molar-refractivity contribution >= 4 is 50.9 Å². The van der Waals surface area contributed by atoms with Gasteiger partial charge >= 0.3 is 0 Å². The number of para-hydroxylation sites is 1. The molecule has 1 aromatic heterocycles. The fourth-order valence-electron chi connectivity index (χ4n) is 5.06. The Kier molecular flexibility index (Phi) is 7.78. The van der Waals surface area contributed by atoms with Crippen LogP contribution in [-0.2, 0) is 9.59 Å². The SMILES string of the molecule is O=C1CCC(c2ccc(OCC(=O)N3CC(NCC(O)COc4cccc5[nH]c6ccccc6c45)C3)c(Cl)c2)=NN1. The lowest BCUT2D eigenvalue weighted by Gasteiger charge is -2.40. The number of H-pyrrole nitrogens is 1. The number of carbonyl (C=O) groups is 2. The van der Waals surface area contributed by atoms with Gasteiger partial charge in [-0.25, -0.2) is 5.43 Å². The minimum Gasteiger partial charge on any atom is -0.490 e. The molecular formula is C30H30ClN5O5. The number of nitrogens with zero attached hydrogens (tertiary/aromatic N) is 2. The zero-order chi connectivity index (χ0) is 28.3. The number of fused-ring (bicyclic) bond motifs is 3. The first-order valence-corrected chi connectivity index (χ1v) is 13.9. The van der Waals surface area contributed by atoms with Gasteiger partial charge in [-0.3, -0.25) is 9.59 Å². The Morgan fingerprint density at radius 3 is 2.71 bits per heavy atom. The summed E-state index contributed by atoms with van der Waals surface area (Å²) in [5.74, 6) is 0.886. The average Bonchev–Trinajstić information content (AvgIpc) is 3.34. The van der Waals surface area contributed by atoms with Crippen LogP contribution in [0.2, 0.25) is 5.02 Å². The van der Waals surface area contributed by atoms with Gasteiger partial charge in [0.25, 0.3) is 5.91 Å². The highest BCUT2D eigenvalue weighted by Crippen LogP contribution is 2.33. The Hall–Kier alpha value is -4.12. The van der Waals surface area contributed by atoms with Crippen molar-refractivity contribution in [3.05, 3.63) is 71.2 Å². The number of amides is 2. The van der Waals surface area contributed by atoms with Crippen molar-refractivity contribution in [2.45, 2.75) is 25.0 Å². The number of hydrazone groups is 1. The van der Waals surface area contributed by atoms with E-state index < -0.39 is 6.10 Å². The molecule has 4 N–H and O–H groups in total. The van der Waals surface area contributed by atoms with Gasteiger partial charge in [-0.15, -0.1) is 0 Å². The monoisotopic (exact) mass is 575 g/mol. The maximum absolute atomic E-state index is 12.6. The minimum absolute atomic E-state index is 0.0882. The van der Waals surface area contributed by atoms with E-state index in [-0.39, 0.29) is 31.1 Å². The number of aromatic nitrogens is 1. The first kappa shape index (κ1) is 27.1. The Balaban J connectivity index is 0.926. The molecule has 2 aliphatic heterocycles. The molecule has 6 rings (SSSR count). The summed E-state index contributed by atoms with van der Waals surface area (Å²) in [6.07, 6.45) is 0.213. The number of aliphatic hydroxyl groups is 1. The smallest absolute Gasteiger partial charge is 0.260 e. The Morgan fingerprint density at radius 1 is 1.07 bits per heavy atom.